The highest BCUT2D eigenvalue weighted by Crippen LogP contribution is 2.39. The van der Waals surface area contributed by atoms with Crippen molar-refractivity contribution >= 4 is 46.2 Å². The number of aliphatic imine (C=N–C) groups is 1. The van der Waals surface area contributed by atoms with Crippen LogP contribution < -0.4 is 14.2 Å². The standard InChI is InChI=1S/C20H19ClN2O4S/c1-23-19(24)18(28-20(23)22-13-7-5-12(21)6-8-13)11-15-16(26-3)9-14(25-2)10-17(15)27-4/h5-11H,1-4H3/b18-11-,22-20?. The largest absolute Gasteiger partial charge is 0.496 e. The second-order valence-electron chi connectivity index (χ2n) is 5.79. The number of thioether (sulfide) groups is 1. The molecule has 3 rings (SSSR count). The number of rotatable bonds is 5. The van der Waals surface area contributed by atoms with E-state index in [0.717, 1.165) is 0 Å². The Morgan fingerprint density at radius 2 is 1.64 bits per heavy atom. The lowest BCUT2D eigenvalue weighted by molar-refractivity contribution is -0.121. The van der Waals surface area contributed by atoms with Crippen LogP contribution in [0.4, 0.5) is 5.69 Å². The summed E-state index contributed by atoms with van der Waals surface area (Å²) in [4.78, 5) is 19.3. The first kappa shape index (κ1) is 20.1. The van der Waals surface area contributed by atoms with Gasteiger partial charge in [-0.05, 0) is 42.1 Å². The van der Waals surface area contributed by atoms with Crippen molar-refractivity contribution in [3.8, 4) is 17.2 Å². The fourth-order valence-electron chi connectivity index (χ4n) is 2.58. The van der Waals surface area contributed by atoms with Crippen molar-refractivity contribution in [3.05, 3.63) is 51.9 Å². The smallest absolute Gasteiger partial charge is 0.266 e. The van der Waals surface area contributed by atoms with E-state index in [1.165, 1.54) is 16.7 Å². The zero-order valence-electron chi connectivity index (χ0n) is 15.9. The fraction of sp³-hybridized carbons (Fsp3) is 0.200. The van der Waals surface area contributed by atoms with E-state index in [1.807, 2.05) is 0 Å². The summed E-state index contributed by atoms with van der Waals surface area (Å²) in [5.74, 6) is 1.53. The van der Waals surface area contributed by atoms with Crippen LogP contribution in [0.25, 0.3) is 6.08 Å². The minimum Gasteiger partial charge on any atom is -0.496 e. The molecule has 2 aromatic rings. The normalized spacial score (nSPS) is 16.8. The van der Waals surface area contributed by atoms with Crippen LogP contribution in [0.1, 0.15) is 5.56 Å². The number of nitrogens with zero attached hydrogens (tertiary/aromatic N) is 2. The second kappa shape index (κ2) is 8.58. The highest BCUT2D eigenvalue weighted by atomic mass is 35.5. The van der Waals surface area contributed by atoms with Gasteiger partial charge in [-0.25, -0.2) is 4.99 Å². The molecule has 1 fully saturated rings. The second-order valence-corrected chi connectivity index (χ2v) is 7.24. The molecule has 0 spiro atoms. The van der Waals surface area contributed by atoms with Gasteiger partial charge in [0.25, 0.3) is 5.91 Å². The van der Waals surface area contributed by atoms with Gasteiger partial charge in [0.05, 0.1) is 37.5 Å². The molecule has 1 aliphatic rings. The van der Waals surface area contributed by atoms with Crippen molar-refractivity contribution in [2.75, 3.05) is 28.4 Å². The van der Waals surface area contributed by atoms with Gasteiger partial charge in [0.15, 0.2) is 5.17 Å². The van der Waals surface area contributed by atoms with E-state index in [2.05, 4.69) is 4.99 Å². The van der Waals surface area contributed by atoms with Crippen molar-refractivity contribution in [1.29, 1.82) is 0 Å². The van der Waals surface area contributed by atoms with Crippen LogP contribution in [-0.2, 0) is 4.79 Å². The first-order valence-electron chi connectivity index (χ1n) is 8.28. The summed E-state index contributed by atoms with van der Waals surface area (Å²) in [6.07, 6.45) is 1.74. The Labute approximate surface area is 172 Å². The molecule has 1 saturated heterocycles. The van der Waals surface area contributed by atoms with E-state index >= 15 is 0 Å². The summed E-state index contributed by atoms with van der Waals surface area (Å²) in [6, 6.07) is 10.6. The molecule has 0 unspecified atom stereocenters. The predicted molar refractivity (Wildman–Crippen MR) is 113 cm³/mol. The van der Waals surface area contributed by atoms with Crippen LogP contribution in [-0.4, -0.2) is 44.4 Å². The van der Waals surface area contributed by atoms with Gasteiger partial charge in [-0.2, -0.15) is 0 Å². The third kappa shape index (κ3) is 4.10. The molecule has 6 nitrogen and oxygen atoms in total. The molecule has 0 bridgehead atoms. The summed E-state index contributed by atoms with van der Waals surface area (Å²) in [5.41, 5.74) is 1.37. The summed E-state index contributed by atoms with van der Waals surface area (Å²) >= 11 is 7.19. The molecule has 2 aromatic carbocycles. The molecule has 1 amide bonds. The molecule has 0 aromatic heterocycles. The Balaban J connectivity index is 1.99. The third-order valence-corrected chi connectivity index (χ3v) is 5.40. The van der Waals surface area contributed by atoms with Gasteiger partial charge in [0.1, 0.15) is 17.2 Å². The van der Waals surface area contributed by atoms with Gasteiger partial charge in [0, 0.05) is 24.2 Å². The van der Waals surface area contributed by atoms with Crippen LogP contribution in [0.5, 0.6) is 17.2 Å². The lowest BCUT2D eigenvalue weighted by Crippen LogP contribution is -2.23. The van der Waals surface area contributed by atoms with Gasteiger partial charge in [0.2, 0.25) is 0 Å². The maximum absolute atomic E-state index is 12.7. The number of amidine groups is 1. The number of carbonyl (C=O) groups is 1. The number of ether oxygens (including phenoxy) is 3. The lowest BCUT2D eigenvalue weighted by atomic mass is 10.1. The van der Waals surface area contributed by atoms with Gasteiger partial charge in [-0.15, -0.1) is 0 Å². The molecule has 0 radical (unpaired) electrons. The lowest BCUT2D eigenvalue weighted by Gasteiger charge is -2.13. The Morgan fingerprint density at radius 3 is 2.18 bits per heavy atom. The van der Waals surface area contributed by atoms with Crippen LogP contribution in [0.15, 0.2) is 46.3 Å². The van der Waals surface area contributed by atoms with Crippen LogP contribution in [0.3, 0.4) is 0 Å². The monoisotopic (exact) mass is 418 g/mol. The van der Waals surface area contributed by atoms with Crippen molar-refractivity contribution in [1.82, 2.24) is 4.90 Å². The maximum Gasteiger partial charge on any atom is 0.266 e. The van der Waals surface area contributed by atoms with E-state index in [0.29, 0.717) is 43.6 Å². The number of methoxy groups -OCH3 is 3. The number of likely N-dealkylation sites (N-methyl/N-ethyl adjacent to an activating group) is 1. The molecule has 1 aliphatic heterocycles. The average molecular weight is 419 g/mol. The van der Waals surface area contributed by atoms with Crippen molar-refractivity contribution in [2.45, 2.75) is 0 Å². The number of amides is 1. The average Bonchev–Trinajstić information content (AvgIpc) is 2.97. The van der Waals surface area contributed by atoms with Crippen molar-refractivity contribution in [3.63, 3.8) is 0 Å². The molecular formula is C20H19ClN2O4S. The molecule has 8 heteroatoms. The number of benzene rings is 2. The minimum atomic E-state index is -0.155. The van der Waals surface area contributed by atoms with E-state index < -0.39 is 0 Å². The van der Waals surface area contributed by atoms with Gasteiger partial charge in [-0.3, -0.25) is 9.69 Å². The first-order valence-corrected chi connectivity index (χ1v) is 9.48. The topological polar surface area (TPSA) is 60.4 Å². The minimum absolute atomic E-state index is 0.155. The summed E-state index contributed by atoms with van der Waals surface area (Å²) in [7, 11) is 6.36. The molecule has 146 valence electrons. The zero-order valence-corrected chi connectivity index (χ0v) is 17.4. The number of halogens is 1. The Kier molecular flexibility index (Phi) is 6.16. The Morgan fingerprint density at radius 1 is 1.04 bits per heavy atom. The van der Waals surface area contributed by atoms with E-state index in [9.17, 15) is 4.79 Å². The molecule has 1 heterocycles. The Bertz CT molecular complexity index is 932. The predicted octanol–water partition coefficient (Wildman–Crippen LogP) is 4.60. The number of hydrogen-bond acceptors (Lipinski definition) is 6. The molecule has 0 aliphatic carbocycles. The van der Waals surface area contributed by atoms with Crippen LogP contribution in [0.2, 0.25) is 5.02 Å². The quantitative estimate of drug-likeness (QED) is 0.664. The van der Waals surface area contributed by atoms with Gasteiger partial charge < -0.3 is 14.2 Å². The molecule has 28 heavy (non-hydrogen) atoms. The molecule has 0 atom stereocenters. The summed E-state index contributed by atoms with van der Waals surface area (Å²) in [6.45, 7) is 0. The van der Waals surface area contributed by atoms with Crippen LogP contribution in [0, 0.1) is 0 Å². The zero-order chi connectivity index (χ0) is 20.3. The molecular weight excluding hydrogens is 400 g/mol. The Hall–Kier alpha value is -2.64. The summed E-state index contributed by atoms with van der Waals surface area (Å²) < 4.78 is 16.2. The number of carbonyl (C=O) groups excluding carboxylic acids is 1. The highest BCUT2D eigenvalue weighted by Gasteiger charge is 2.31. The fourth-order valence-corrected chi connectivity index (χ4v) is 3.68. The maximum atomic E-state index is 12.7. The third-order valence-electron chi connectivity index (χ3n) is 4.08. The van der Waals surface area contributed by atoms with Gasteiger partial charge in [-0.1, -0.05) is 11.6 Å². The first-order chi connectivity index (χ1) is 13.5. The SMILES string of the molecule is COc1cc(OC)c(/C=C2\SC(=Nc3ccc(Cl)cc3)N(C)C2=O)c(OC)c1. The van der Waals surface area contributed by atoms with Gasteiger partial charge >= 0.3 is 0 Å². The summed E-state index contributed by atoms with van der Waals surface area (Å²) in [5, 5.41) is 1.21. The van der Waals surface area contributed by atoms with Crippen molar-refractivity contribution < 1.29 is 19.0 Å². The molecule has 0 saturated carbocycles. The highest BCUT2D eigenvalue weighted by molar-refractivity contribution is 8.18. The van der Waals surface area contributed by atoms with E-state index in [4.69, 9.17) is 25.8 Å². The number of hydrogen-bond donors (Lipinski definition) is 0. The van der Waals surface area contributed by atoms with Crippen LogP contribution >= 0.6 is 23.4 Å². The van der Waals surface area contributed by atoms with E-state index in [-0.39, 0.29) is 5.91 Å². The van der Waals surface area contributed by atoms with Crippen molar-refractivity contribution in [2.24, 2.45) is 4.99 Å². The van der Waals surface area contributed by atoms with E-state index in [1.54, 1.807) is 70.9 Å². The molecule has 0 N–H and O–H groups in total.